The molecule has 0 unspecified atom stereocenters. The Kier molecular flexibility index (Phi) is 9.52. The number of nitrogens with one attached hydrogen (secondary N) is 1. The molecule has 3 aromatic rings. The van der Waals surface area contributed by atoms with Crippen molar-refractivity contribution in [3.63, 3.8) is 0 Å². The third-order valence-corrected chi connectivity index (χ3v) is 7.77. The second-order valence-electron chi connectivity index (χ2n) is 8.32. The zero-order valence-electron chi connectivity index (χ0n) is 22.2. The Labute approximate surface area is 239 Å². The summed E-state index contributed by atoms with van der Waals surface area (Å²) in [6.07, 6.45) is 0. The van der Waals surface area contributed by atoms with E-state index >= 15 is 0 Å². The van der Waals surface area contributed by atoms with Crippen molar-refractivity contribution in [2.24, 2.45) is 0 Å². The van der Waals surface area contributed by atoms with Crippen molar-refractivity contribution >= 4 is 56.5 Å². The number of anilines is 2. The van der Waals surface area contributed by atoms with Crippen molar-refractivity contribution < 1.29 is 41.9 Å². The van der Waals surface area contributed by atoms with E-state index in [4.69, 9.17) is 21.1 Å². The number of benzene rings is 3. The Balaban J connectivity index is 2.13. The van der Waals surface area contributed by atoms with Gasteiger partial charge in [0, 0.05) is 16.7 Å². The van der Waals surface area contributed by atoms with Crippen molar-refractivity contribution in [1.82, 2.24) is 0 Å². The molecule has 0 heterocycles. The molecule has 216 valence electrons. The Morgan fingerprint density at radius 3 is 2.27 bits per heavy atom. The van der Waals surface area contributed by atoms with Crippen LogP contribution in [0.1, 0.15) is 26.3 Å². The second-order valence-corrected chi connectivity index (χ2v) is 10.6. The number of hydrogen-bond acceptors (Lipinski definition) is 10. The van der Waals surface area contributed by atoms with Crippen LogP contribution in [0.2, 0.25) is 5.02 Å². The average molecular weight is 606 g/mol. The number of methoxy groups -OCH3 is 3. The van der Waals surface area contributed by atoms with Crippen molar-refractivity contribution in [3.8, 4) is 5.75 Å². The van der Waals surface area contributed by atoms with E-state index in [2.05, 4.69) is 10.1 Å². The summed E-state index contributed by atoms with van der Waals surface area (Å²) in [5.74, 6) is -2.53. The Hall–Kier alpha value is -4.69. The number of halogens is 1. The number of esters is 2. The molecule has 0 spiro atoms. The highest BCUT2D eigenvalue weighted by Gasteiger charge is 2.32. The fourth-order valence-electron chi connectivity index (χ4n) is 3.73. The highest BCUT2D eigenvalue weighted by molar-refractivity contribution is 7.92. The number of carbonyl (C=O) groups is 3. The first-order valence-electron chi connectivity index (χ1n) is 11.6. The van der Waals surface area contributed by atoms with Gasteiger partial charge >= 0.3 is 11.9 Å². The standard InChI is InChI=1S/C26H24ClN3O10S/c1-15-5-8-18(13-21(15)30(34)35)41(36,37)29(22-12-17(27)7-10-23(22)38-2)14-24(31)28-20-11-16(25(32)39-3)6-9-19(20)26(33)40-4/h5-13H,14H2,1-4H3,(H,28,31). The Morgan fingerprint density at radius 2 is 1.66 bits per heavy atom. The van der Waals surface area contributed by atoms with E-state index in [1.165, 1.54) is 50.4 Å². The fraction of sp³-hybridized carbons (Fsp3) is 0.192. The number of carbonyl (C=O) groups excluding carboxylic acids is 3. The largest absolute Gasteiger partial charge is 0.495 e. The van der Waals surface area contributed by atoms with Crippen LogP contribution in [-0.2, 0) is 24.3 Å². The first kappa shape index (κ1) is 30.8. The molecule has 3 rings (SSSR count). The number of sulfonamides is 1. The molecule has 0 bridgehead atoms. The van der Waals surface area contributed by atoms with Crippen LogP contribution in [0.3, 0.4) is 0 Å². The van der Waals surface area contributed by atoms with Gasteiger partial charge in [-0.25, -0.2) is 18.0 Å². The molecule has 3 aromatic carbocycles. The monoisotopic (exact) mass is 605 g/mol. The Bertz CT molecular complexity index is 1640. The van der Waals surface area contributed by atoms with E-state index in [1.807, 2.05) is 0 Å². The van der Waals surface area contributed by atoms with E-state index in [0.717, 1.165) is 32.4 Å². The van der Waals surface area contributed by atoms with Gasteiger partial charge in [-0.2, -0.15) is 0 Å². The molecule has 1 N–H and O–H groups in total. The Morgan fingerprint density at radius 1 is 0.976 bits per heavy atom. The normalized spacial score (nSPS) is 10.9. The van der Waals surface area contributed by atoms with Crippen molar-refractivity contribution in [1.29, 1.82) is 0 Å². The summed E-state index contributed by atoms with van der Waals surface area (Å²) in [4.78, 5) is 48.0. The van der Waals surface area contributed by atoms with Crippen LogP contribution in [0.5, 0.6) is 5.75 Å². The number of aryl methyl sites for hydroxylation is 1. The molecular formula is C26H24ClN3O10S. The van der Waals surface area contributed by atoms with Gasteiger partial charge in [0.15, 0.2) is 0 Å². The quantitative estimate of drug-likeness (QED) is 0.202. The van der Waals surface area contributed by atoms with Crippen molar-refractivity contribution in [2.75, 3.05) is 37.5 Å². The van der Waals surface area contributed by atoms with Gasteiger partial charge in [0.05, 0.1) is 53.6 Å². The summed E-state index contributed by atoms with van der Waals surface area (Å²) >= 11 is 6.14. The van der Waals surface area contributed by atoms with Gasteiger partial charge < -0.3 is 19.5 Å². The molecule has 41 heavy (non-hydrogen) atoms. The van der Waals surface area contributed by atoms with Crippen LogP contribution >= 0.6 is 11.6 Å². The van der Waals surface area contributed by atoms with E-state index in [1.54, 1.807) is 0 Å². The van der Waals surface area contributed by atoms with Gasteiger partial charge in [-0.3, -0.25) is 19.2 Å². The predicted molar refractivity (Wildman–Crippen MR) is 148 cm³/mol. The van der Waals surface area contributed by atoms with Crippen LogP contribution in [0.15, 0.2) is 59.5 Å². The lowest BCUT2D eigenvalue weighted by Crippen LogP contribution is -2.38. The van der Waals surface area contributed by atoms with Crippen LogP contribution in [0, 0.1) is 17.0 Å². The molecule has 0 aromatic heterocycles. The number of nitro benzene ring substituents is 1. The zero-order chi connectivity index (χ0) is 30.5. The predicted octanol–water partition coefficient (Wildman–Crippen LogP) is 3.97. The van der Waals surface area contributed by atoms with Crippen molar-refractivity contribution in [2.45, 2.75) is 11.8 Å². The minimum absolute atomic E-state index is 0.0107. The second kappa shape index (κ2) is 12.7. The maximum Gasteiger partial charge on any atom is 0.339 e. The van der Waals surface area contributed by atoms with E-state index < -0.39 is 49.9 Å². The molecule has 1 amide bonds. The number of hydrogen-bond donors (Lipinski definition) is 1. The van der Waals surface area contributed by atoms with Gasteiger partial charge in [-0.15, -0.1) is 0 Å². The molecule has 15 heteroatoms. The topological polar surface area (TPSA) is 171 Å². The highest BCUT2D eigenvalue weighted by atomic mass is 35.5. The van der Waals surface area contributed by atoms with Gasteiger partial charge in [-0.1, -0.05) is 17.7 Å². The number of ether oxygens (including phenoxy) is 3. The number of nitro groups is 1. The lowest BCUT2D eigenvalue weighted by molar-refractivity contribution is -0.385. The molecule has 0 atom stereocenters. The third kappa shape index (κ3) is 6.73. The zero-order valence-corrected chi connectivity index (χ0v) is 23.7. The smallest absolute Gasteiger partial charge is 0.339 e. The molecule has 0 saturated carbocycles. The SMILES string of the molecule is COC(=O)c1ccc(C(=O)OC)c(NC(=O)CN(c2cc(Cl)ccc2OC)S(=O)(=O)c2ccc(C)c([N+](=O)[O-])c2)c1. The summed E-state index contributed by atoms with van der Waals surface area (Å²) in [5, 5.41) is 14.0. The first-order chi connectivity index (χ1) is 19.3. The van der Waals surface area contributed by atoms with Gasteiger partial charge in [0.1, 0.15) is 12.3 Å². The highest BCUT2D eigenvalue weighted by Crippen LogP contribution is 2.36. The first-order valence-corrected chi connectivity index (χ1v) is 13.4. The maximum atomic E-state index is 13.9. The van der Waals surface area contributed by atoms with E-state index in [9.17, 15) is 32.9 Å². The van der Waals surface area contributed by atoms with Gasteiger partial charge in [-0.05, 0) is 49.4 Å². The summed E-state index contributed by atoms with van der Waals surface area (Å²) in [5.41, 5.74) is -0.669. The molecule has 13 nitrogen and oxygen atoms in total. The lowest BCUT2D eigenvalue weighted by Gasteiger charge is -2.26. The van der Waals surface area contributed by atoms with Crippen LogP contribution in [0.25, 0.3) is 0 Å². The molecule has 0 saturated heterocycles. The number of rotatable bonds is 10. The summed E-state index contributed by atoms with van der Waals surface area (Å²) in [7, 11) is -1.13. The summed E-state index contributed by atoms with van der Waals surface area (Å²) in [6, 6.07) is 11.0. The van der Waals surface area contributed by atoms with Crippen molar-refractivity contribution in [3.05, 3.63) is 86.4 Å². The fourth-order valence-corrected chi connectivity index (χ4v) is 5.34. The minimum atomic E-state index is -4.66. The molecule has 0 radical (unpaired) electrons. The third-order valence-electron chi connectivity index (χ3n) is 5.78. The van der Waals surface area contributed by atoms with E-state index in [0.29, 0.717) is 4.31 Å². The summed E-state index contributed by atoms with van der Waals surface area (Å²) < 4.78 is 43.1. The number of nitrogens with zero attached hydrogens (tertiary/aromatic N) is 2. The molecule has 0 fully saturated rings. The number of amides is 1. The molecule has 0 aliphatic heterocycles. The van der Waals surface area contributed by atoms with Gasteiger partial charge in [0.25, 0.3) is 15.7 Å². The summed E-state index contributed by atoms with van der Waals surface area (Å²) in [6.45, 7) is 0.546. The van der Waals surface area contributed by atoms with Crippen LogP contribution in [0.4, 0.5) is 17.1 Å². The molecular weight excluding hydrogens is 582 g/mol. The van der Waals surface area contributed by atoms with E-state index in [-0.39, 0.29) is 38.8 Å². The molecule has 0 aliphatic rings. The maximum absolute atomic E-state index is 13.9. The molecule has 0 aliphatic carbocycles. The van der Waals surface area contributed by atoms with Gasteiger partial charge in [0.2, 0.25) is 5.91 Å². The van der Waals surface area contributed by atoms with Crippen LogP contribution < -0.4 is 14.4 Å². The minimum Gasteiger partial charge on any atom is -0.495 e. The average Bonchev–Trinajstić information content (AvgIpc) is 2.94. The van der Waals surface area contributed by atoms with Crippen LogP contribution in [-0.4, -0.2) is 59.1 Å². The lowest BCUT2D eigenvalue weighted by atomic mass is 10.1.